The first-order valence-electron chi connectivity index (χ1n) is 5.33. The van der Waals surface area contributed by atoms with Gasteiger partial charge in [0.05, 0.1) is 6.42 Å². The number of likely N-dealkylation sites (tertiary alicyclic amines) is 1. The van der Waals surface area contributed by atoms with Crippen molar-refractivity contribution in [3.63, 3.8) is 0 Å². The molecule has 1 aliphatic rings. The van der Waals surface area contributed by atoms with Gasteiger partial charge < -0.3 is 5.32 Å². The molecule has 2 rings (SSSR count). The Bertz CT molecular complexity index is 462. The topological polar surface area (TPSA) is 49.4 Å². The summed E-state index contributed by atoms with van der Waals surface area (Å²) < 4.78 is 0. The summed E-state index contributed by atoms with van der Waals surface area (Å²) in [5, 5.41) is 3.14. The molecule has 5 heteroatoms. The molecule has 17 heavy (non-hydrogen) atoms. The quantitative estimate of drug-likeness (QED) is 0.653. The number of anilines is 1. The Morgan fingerprint density at radius 2 is 2.06 bits per heavy atom. The molecule has 1 atom stereocenters. The summed E-state index contributed by atoms with van der Waals surface area (Å²) in [5.41, 5.74) is 0.904. The summed E-state index contributed by atoms with van der Waals surface area (Å²) in [4.78, 5) is 25.4. The van der Waals surface area contributed by atoms with Crippen LogP contribution in [-0.2, 0) is 9.59 Å². The van der Waals surface area contributed by atoms with E-state index in [1.54, 1.807) is 11.8 Å². The van der Waals surface area contributed by atoms with E-state index < -0.39 is 6.04 Å². The Hall–Kier alpha value is -1.49. The van der Waals surface area contributed by atoms with Crippen LogP contribution in [0.25, 0.3) is 0 Å². The molecule has 1 N–H and O–H groups in total. The van der Waals surface area contributed by atoms with Gasteiger partial charge in [0.1, 0.15) is 6.04 Å². The number of thioether (sulfide) groups is 1. The van der Waals surface area contributed by atoms with Crippen LogP contribution in [-0.4, -0.2) is 36.1 Å². The molecule has 1 aliphatic heterocycles. The molecule has 2 amide bonds. The summed E-state index contributed by atoms with van der Waals surface area (Å²) >= 11 is 1.61. The fraction of sp³-hybridized carbons (Fsp3) is 0.333. The highest BCUT2D eigenvalue weighted by molar-refractivity contribution is 7.98. The summed E-state index contributed by atoms with van der Waals surface area (Å²) in [6.07, 6.45) is 2.21. The van der Waals surface area contributed by atoms with Gasteiger partial charge in [0.15, 0.2) is 0 Å². The van der Waals surface area contributed by atoms with Crippen LogP contribution < -0.4 is 5.32 Å². The lowest BCUT2D eigenvalue weighted by Crippen LogP contribution is -2.31. The second-order valence-corrected chi connectivity index (χ2v) is 4.74. The molecule has 1 aromatic rings. The Morgan fingerprint density at radius 3 is 2.65 bits per heavy atom. The van der Waals surface area contributed by atoms with Gasteiger partial charge in [0.25, 0.3) is 5.91 Å². The van der Waals surface area contributed by atoms with Crippen LogP contribution in [0, 0.1) is 0 Å². The number of imide groups is 1. The normalized spacial score (nSPS) is 19.9. The van der Waals surface area contributed by atoms with Crippen molar-refractivity contribution in [2.24, 2.45) is 0 Å². The molecule has 0 bridgehead atoms. The number of rotatable bonds is 3. The van der Waals surface area contributed by atoms with Gasteiger partial charge in [0, 0.05) is 17.6 Å². The minimum absolute atomic E-state index is 0.130. The van der Waals surface area contributed by atoms with Crippen molar-refractivity contribution < 1.29 is 9.59 Å². The summed E-state index contributed by atoms with van der Waals surface area (Å²) in [5.74, 6) is -0.292. The van der Waals surface area contributed by atoms with Gasteiger partial charge in [0.2, 0.25) is 5.91 Å². The first-order valence-corrected chi connectivity index (χ1v) is 6.56. The Balaban J connectivity index is 2.17. The first-order chi connectivity index (χ1) is 8.13. The van der Waals surface area contributed by atoms with Gasteiger partial charge in [-0.05, 0) is 18.4 Å². The molecule has 0 aromatic heterocycles. The highest BCUT2D eigenvalue weighted by atomic mass is 32.2. The largest absolute Gasteiger partial charge is 0.372 e. The van der Waals surface area contributed by atoms with Crippen molar-refractivity contribution in [3.8, 4) is 0 Å². The number of carbonyl (C=O) groups excluding carboxylic acids is 2. The fourth-order valence-electron chi connectivity index (χ4n) is 1.82. The summed E-state index contributed by atoms with van der Waals surface area (Å²) in [6, 6.07) is 7.33. The molecule has 1 heterocycles. The monoisotopic (exact) mass is 250 g/mol. The molecule has 0 saturated carbocycles. The van der Waals surface area contributed by atoms with Crippen molar-refractivity contribution in [3.05, 3.63) is 24.3 Å². The van der Waals surface area contributed by atoms with Crippen LogP contribution in [0.3, 0.4) is 0 Å². The molecule has 0 spiro atoms. The highest BCUT2D eigenvalue weighted by Gasteiger charge is 2.36. The maximum absolute atomic E-state index is 11.8. The first kappa shape index (κ1) is 12.0. The molecule has 0 aliphatic carbocycles. The van der Waals surface area contributed by atoms with Gasteiger partial charge in [-0.15, -0.1) is 11.8 Å². The van der Waals surface area contributed by atoms with E-state index in [4.69, 9.17) is 0 Å². The van der Waals surface area contributed by atoms with Crippen molar-refractivity contribution in [1.82, 2.24) is 4.90 Å². The smallest absolute Gasteiger partial charge is 0.251 e. The zero-order chi connectivity index (χ0) is 12.4. The van der Waals surface area contributed by atoms with Crippen molar-refractivity contribution in [1.29, 1.82) is 0 Å². The molecule has 1 fully saturated rings. The van der Waals surface area contributed by atoms with E-state index in [1.165, 1.54) is 11.9 Å². The van der Waals surface area contributed by atoms with E-state index in [-0.39, 0.29) is 18.2 Å². The lowest BCUT2D eigenvalue weighted by molar-refractivity contribution is -0.136. The summed E-state index contributed by atoms with van der Waals surface area (Å²) in [6.45, 7) is 0. The molecule has 4 nitrogen and oxygen atoms in total. The van der Waals surface area contributed by atoms with E-state index in [9.17, 15) is 9.59 Å². The maximum atomic E-state index is 11.8. The van der Waals surface area contributed by atoms with E-state index >= 15 is 0 Å². The van der Waals surface area contributed by atoms with Crippen molar-refractivity contribution in [2.45, 2.75) is 17.4 Å². The van der Waals surface area contributed by atoms with E-state index in [2.05, 4.69) is 5.32 Å². The number of likely N-dealkylation sites (N-methyl/N-ethyl adjacent to an activating group) is 1. The van der Waals surface area contributed by atoms with Crippen molar-refractivity contribution in [2.75, 3.05) is 18.6 Å². The van der Waals surface area contributed by atoms with Crippen LogP contribution in [0.2, 0.25) is 0 Å². The van der Waals surface area contributed by atoms with Crippen LogP contribution in [0.15, 0.2) is 29.2 Å². The average Bonchev–Trinajstić information content (AvgIpc) is 2.58. The number of hydrogen-bond donors (Lipinski definition) is 1. The zero-order valence-corrected chi connectivity index (χ0v) is 10.6. The van der Waals surface area contributed by atoms with Gasteiger partial charge in [-0.25, -0.2) is 0 Å². The number of carbonyl (C=O) groups is 2. The predicted octanol–water partition coefficient (Wildman–Crippen LogP) is 1.58. The minimum Gasteiger partial charge on any atom is -0.372 e. The van der Waals surface area contributed by atoms with Crippen LogP contribution in [0.4, 0.5) is 5.69 Å². The predicted molar refractivity (Wildman–Crippen MR) is 68.0 cm³/mol. The van der Waals surface area contributed by atoms with Crippen LogP contribution >= 0.6 is 11.8 Å². The van der Waals surface area contributed by atoms with Crippen LogP contribution in [0.1, 0.15) is 6.42 Å². The third-order valence-electron chi connectivity index (χ3n) is 2.82. The fourth-order valence-corrected chi connectivity index (χ4v) is 2.38. The van der Waals surface area contributed by atoms with Gasteiger partial charge in [-0.3, -0.25) is 14.5 Å². The molecule has 1 saturated heterocycles. The number of amides is 2. The molecule has 0 radical (unpaired) electrons. The van der Waals surface area contributed by atoms with Crippen LogP contribution in [0.5, 0.6) is 0 Å². The minimum atomic E-state index is -0.430. The molecular weight excluding hydrogens is 236 g/mol. The Kier molecular flexibility index (Phi) is 3.38. The second-order valence-electron chi connectivity index (χ2n) is 3.89. The standard InChI is InChI=1S/C12H14N2O2S/c1-14-11(15)7-9(12(14)16)13-8-5-3-4-6-10(8)17-2/h3-6,9,13H,7H2,1-2H3. The third-order valence-corrected chi connectivity index (χ3v) is 3.61. The lowest BCUT2D eigenvalue weighted by Gasteiger charge is -2.14. The van der Waals surface area contributed by atoms with E-state index in [1.807, 2.05) is 30.5 Å². The average molecular weight is 250 g/mol. The molecule has 1 unspecified atom stereocenters. The zero-order valence-electron chi connectivity index (χ0n) is 9.77. The number of hydrogen-bond acceptors (Lipinski definition) is 4. The summed E-state index contributed by atoms with van der Waals surface area (Å²) in [7, 11) is 1.52. The molecule has 1 aromatic carbocycles. The highest BCUT2D eigenvalue weighted by Crippen LogP contribution is 2.27. The van der Waals surface area contributed by atoms with E-state index in [0.717, 1.165) is 10.6 Å². The van der Waals surface area contributed by atoms with Gasteiger partial charge >= 0.3 is 0 Å². The lowest BCUT2D eigenvalue weighted by atomic mass is 10.2. The molecular formula is C12H14N2O2S. The van der Waals surface area contributed by atoms with Crippen molar-refractivity contribution >= 4 is 29.3 Å². The number of nitrogens with one attached hydrogen (secondary N) is 1. The third kappa shape index (κ3) is 2.29. The number of nitrogens with zero attached hydrogens (tertiary/aromatic N) is 1. The molecule has 90 valence electrons. The van der Waals surface area contributed by atoms with Gasteiger partial charge in [-0.1, -0.05) is 12.1 Å². The van der Waals surface area contributed by atoms with Gasteiger partial charge in [-0.2, -0.15) is 0 Å². The second kappa shape index (κ2) is 4.79. The number of benzene rings is 1. The Morgan fingerprint density at radius 1 is 1.35 bits per heavy atom. The maximum Gasteiger partial charge on any atom is 0.251 e. The SMILES string of the molecule is CSc1ccccc1NC1CC(=O)N(C)C1=O. The Labute approximate surface area is 104 Å². The number of para-hydroxylation sites is 1. The van der Waals surface area contributed by atoms with E-state index in [0.29, 0.717) is 0 Å².